The first-order chi connectivity index (χ1) is 20.5. The van der Waals surface area contributed by atoms with Crippen molar-refractivity contribution in [2.75, 3.05) is 32.1 Å². The highest BCUT2D eigenvalue weighted by atomic mass is 35.5. The van der Waals surface area contributed by atoms with Crippen LogP contribution in [0, 0.1) is 0 Å². The summed E-state index contributed by atoms with van der Waals surface area (Å²) in [5, 5.41) is 4.02. The smallest absolute Gasteiger partial charge is 0.410 e. The highest BCUT2D eigenvalue weighted by Gasteiger charge is 2.40. The molecular formula is C34H47ClN2O6Si. The van der Waals surface area contributed by atoms with Crippen molar-refractivity contribution in [1.82, 2.24) is 4.90 Å². The van der Waals surface area contributed by atoms with Crippen LogP contribution in [0.3, 0.4) is 0 Å². The molecule has 240 valence electrons. The first-order valence-corrected chi connectivity index (χ1v) is 18.2. The third-order valence-electron chi connectivity index (χ3n) is 7.65. The second-order valence-electron chi connectivity index (χ2n) is 13.4. The van der Waals surface area contributed by atoms with Crippen molar-refractivity contribution in [3.05, 3.63) is 77.0 Å². The number of nitrogens with zero attached hydrogens (tertiary/aromatic N) is 1. The zero-order chi connectivity index (χ0) is 32.7. The lowest BCUT2D eigenvalue weighted by atomic mass is 10.1. The van der Waals surface area contributed by atoms with Gasteiger partial charge in [-0.15, -0.1) is 0 Å². The molecule has 8 nitrogen and oxygen atoms in total. The lowest BCUT2D eigenvalue weighted by molar-refractivity contribution is 0.0155. The molecule has 3 aromatic rings. The van der Waals surface area contributed by atoms with Crippen molar-refractivity contribution >= 4 is 37.7 Å². The van der Waals surface area contributed by atoms with Gasteiger partial charge in [0.1, 0.15) is 16.9 Å². The van der Waals surface area contributed by atoms with E-state index in [9.17, 15) is 9.59 Å². The molecule has 0 saturated carbocycles. The minimum absolute atomic E-state index is 0.0160. The number of methoxy groups -OCH3 is 1. The fourth-order valence-electron chi connectivity index (χ4n) is 4.28. The fourth-order valence-corrected chi connectivity index (χ4v) is 5.75. The average molecular weight is 643 g/mol. The van der Waals surface area contributed by atoms with Gasteiger partial charge in [-0.1, -0.05) is 44.5 Å². The Hall–Kier alpha value is -3.27. The molecule has 1 N–H and O–H groups in total. The molecule has 1 heterocycles. The summed E-state index contributed by atoms with van der Waals surface area (Å²) in [6.07, 6.45) is 1.40. The van der Waals surface area contributed by atoms with Crippen LogP contribution in [0.25, 0.3) is 11.3 Å². The highest BCUT2D eigenvalue weighted by Crippen LogP contribution is 2.40. The fraction of sp³-hybridized carbons (Fsp3) is 0.471. The number of furan rings is 1. The van der Waals surface area contributed by atoms with E-state index < -0.39 is 19.9 Å². The van der Waals surface area contributed by atoms with Crippen LogP contribution < -0.4 is 5.32 Å². The van der Waals surface area contributed by atoms with E-state index in [4.69, 9.17) is 29.9 Å². The summed E-state index contributed by atoms with van der Waals surface area (Å²) in [4.78, 5) is 27.2. The summed E-state index contributed by atoms with van der Waals surface area (Å²) in [5.41, 5.74) is 2.35. The Morgan fingerprint density at radius 3 is 2.30 bits per heavy atom. The lowest BCUT2D eigenvalue weighted by Gasteiger charge is -2.40. The number of benzene rings is 2. The number of nitrogens with one attached hydrogen (secondary N) is 1. The summed E-state index contributed by atoms with van der Waals surface area (Å²) < 4.78 is 23.1. The van der Waals surface area contributed by atoms with E-state index in [1.54, 1.807) is 11.0 Å². The summed E-state index contributed by atoms with van der Waals surface area (Å²) in [5.74, 6) is 0.0170. The SMILES string of the molecule is COC(=O)c1ccoc1-c1ccc(NCCCN(C[C@@H](O[Si](C)(C)C(C)(C)C)c2cccc(Cl)c2)C(=O)OC(C)(C)C)cc1. The van der Waals surface area contributed by atoms with Crippen LogP contribution in [0.2, 0.25) is 23.2 Å². The molecule has 0 unspecified atom stereocenters. The summed E-state index contributed by atoms with van der Waals surface area (Å²) in [6, 6.07) is 16.9. The number of hydrogen-bond donors (Lipinski definition) is 1. The standard InChI is InChI=1S/C34H47ClN2O6Si/c1-33(2,3)42-32(39)37(23-29(25-12-10-13-26(35)22-25)43-44(8,9)34(4,5)6)20-11-19-36-27-16-14-24(15-17-27)30-28(18-21-41-30)31(38)40-7/h10,12-18,21-22,29,36H,11,19-20,23H2,1-9H3/t29-/m1/s1. The molecule has 10 heteroatoms. The van der Waals surface area contributed by atoms with Gasteiger partial charge in [0.25, 0.3) is 0 Å². The number of anilines is 1. The van der Waals surface area contributed by atoms with Crippen LogP contribution in [0.4, 0.5) is 10.5 Å². The molecule has 0 bridgehead atoms. The van der Waals surface area contributed by atoms with Crippen molar-refractivity contribution in [2.45, 2.75) is 77.8 Å². The third kappa shape index (κ3) is 9.87. The Balaban J connectivity index is 1.73. The number of esters is 1. The minimum Gasteiger partial charge on any atom is -0.465 e. The van der Waals surface area contributed by atoms with E-state index in [1.807, 2.05) is 69.3 Å². The molecule has 44 heavy (non-hydrogen) atoms. The molecule has 0 radical (unpaired) electrons. The molecule has 0 fully saturated rings. The number of hydrogen-bond acceptors (Lipinski definition) is 7. The second kappa shape index (κ2) is 14.7. The minimum atomic E-state index is -2.20. The second-order valence-corrected chi connectivity index (χ2v) is 18.6. The Kier molecular flexibility index (Phi) is 11.7. The first-order valence-electron chi connectivity index (χ1n) is 14.9. The van der Waals surface area contributed by atoms with Gasteiger partial charge in [-0.25, -0.2) is 9.59 Å². The Morgan fingerprint density at radius 2 is 1.70 bits per heavy atom. The maximum Gasteiger partial charge on any atom is 0.410 e. The third-order valence-corrected chi connectivity index (χ3v) is 12.4. The molecule has 1 aromatic heterocycles. The molecule has 2 aromatic carbocycles. The first kappa shape index (κ1) is 35.2. The van der Waals surface area contributed by atoms with Crippen molar-refractivity contribution in [3.8, 4) is 11.3 Å². The maximum absolute atomic E-state index is 13.4. The Bertz CT molecular complexity index is 1390. The van der Waals surface area contributed by atoms with Gasteiger partial charge >= 0.3 is 12.1 Å². The van der Waals surface area contributed by atoms with Crippen LogP contribution in [0.5, 0.6) is 0 Å². The summed E-state index contributed by atoms with van der Waals surface area (Å²) in [6.45, 7) is 18.0. The highest BCUT2D eigenvalue weighted by molar-refractivity contribution is 6.74. The van der Waals surface area contributed by atoms with Crippen LogP contribution in [-0.2, 0) is 13.9 Å². The van der Waals surface area contributed by atoms with Crippen LogP contribution in [-0.4, -0.2) is 57.6 Å². The van der Waals surface area contributed by atoms with Crippen molar-refractivity contribution in [2.24, 2.45) is 0 Å². The van der Waals surface area contributed by atoms with Gasteiger partial charge in [-0.2, -0.15) is 0 Å². The van der Waals surface area contributed by atoms with Gasteiger partial charge in [-0.05, 0) is 93.4 Å². The zero-order valence-corrected chi connectivity index (χ0v) is 29.2. The monoisotopic (exact) mass is 642 g/mol. The number of halogens is 1. The maximum atomic E-state index is 13.4. The van der Waals surface area contributed by atoms with Gasteiger partial charge < -0.3 is 28.5 Å². The predicted molar refractivity (Wildman–Crippen MR) is 179 cm³/mol. The molecule has 0 aliphatic carbocycles. The van der Waals surface area contributed by atoms with Gasteiger partial charge in [0, 0.05) is 29.4 Å². The van der Waals surface area contributed by atoms with E-state index in [0.717, 1.165) is 16.8 Å². The molecule has 3 rings (SSSR count). The molecule has 1 amide bonds. The van der Waals surface area contributed by atoms with Gasteiger partial charge in [-0.3, -0.25) is 0 Å². The molecule has 0 spiro atoms. The number of rotatable bonds is 12. The number of carbonyl (C=O) groups excluding carboxylic acids is 2. The van der Waals surface area contributed by atoms with Crippen LogP contribution in [0.1, 0.15) is 70.0 Å². The van der Waals surface area contributed by atoms with Gasteiger partial charge in [0.2, 0.25) is 0 Å². The van der Waals surface area contributed by atoms with Crippen molar-refractivity contribution < 1.29 is 27.9 Å². The Labute approximate surface area is 268 Å². The van der Waals surface area contributed by atoms with E-state index in [2.05, 4.69) is 39.2 Å². The molecular weight excluding hydrogens is 596 g/mol. The van der Waals surface area contributed by atoms with Gasteiger partial charge in [0.05, 0.1) is 26.0 Å². The molecule has 1 atom stereocenters. The quantitative estimate of drug-likeness (QED) is 0.120. The topological polar surface area (TPSA) is 90.2 Å². The van der Waals surface area contributed by atoms with E-state index in [0.29, 0.717) is 42.4 Å². The summed E-state index contributed by atoms with van der Waals surface area (Å²) >= 11 is 6.38. The molecule has 0 saturated heterocycles. The number of amides is 1. The van der Waals surface area contributed by atoms with E-state index in [-0.39, 0.29) is 17.2 Å². The predicted octanol–water partition coefficient (Wildman–Crippen LogP) is 9.19. The Morgan fingerprint density at radius 1 is 1.02 bits per heavy atom. The largest absolute Gasteiger partial charge is 0.465 e. The van der Waals surface area contributed by atoms with Crippen LogP contribution >= 0.6 is 11.6 Å². The molecule has 0 aliphatic heterocycles. The molecule has 0 aliphatic rings. The van der Waals surface area contributed by atoms with E-state index >= 15 is 0 Å². The van der Waals surface area contributed by atoms with E-state index in [1.165, 1.54) is 13.4 Å². The van der Waals surface area contributed by atoms with Crippen molar-refractivity contribution in [1.29, 1.82) is 0 Å². The van der Waals surface area contributed by atoms with Gasteiger partial charge in [0.15, 0.2) is 8.32 Å². The van der Waals surface area contributed by atoms with Crippen LogP contribution in [0.15, 0.2) is 65.3 Å². The normalized spacial score (nSPS) is 12.9. The number of carbonyl (C=O) groups is 2. The van der Waals surface area contributed by atoms with Crippen molar-refractivity contribution in [3.63, 3.8) is 0 Å². The number of ether oxygens (including phenoxy) is 2. The average Bonchev–Trinajstić information content (AvgIpc) is 3.42. The lowest BCUT2D eigenvalue weighted by Crippen LogP contribution is -2.46. The zero-order valence-electron chi connectivity index (χ0n) is 27.5. The summed E-state index contributed by atoms with van der Waals surface area (Å²) in [7, 11) is -0.860.